The number of aromatic nitrogens is 4. The normalized spacial score (nSPS) is 17.0. The second-order valence-electron chi connectivity index (χ2n) is 7.13. The number of hydrogen-bond donors (Lipinski definition) is 1. The molecule has 0 spiro atoms. The van der Waals surface area contributed by atoms with E-state index in [2.05, 4.69) is 20.3 Å². The molecule has 1 saturated heterocycles. The molecule has 0 bridgehead atoms. The monoisotopic (exact) mass is 409 g/mol. The number of aromatic amines is 1. The Balaban J connectivity index is 1.24. The first kappa shape index (κ1) is 17.9. The molecular weight excluding hydrogens is 390 g/mol. The van der Waals surface area contributed by atoms with Crippen molar-refractivity contribution in [1.29, 1.82) is 0 Å². The van der Waals surface area contributed by atoms with Crippen LogP contribution in [-0.4, -0.2) is 44.2 Å². The first-order chi connectivity index (χ1) is 14.3. The lowest BCUT2D eigenvalue weighted by Crippen LogP contribution is -2.40. The van der Waals surface area contributed by atoms with Gasteiger partial charge in [-0.05, 0) is 42.3 Å². The van der Waals surface area contributed by atoms with Crippen molar-refractivity contribution in [2.45, 2.75) is 19.3 Å². The Morgan fingerprint density at radius 1 is 1.38 bits per heavy atom. The van der Waals surface area contributed by atoms with Crippen molar-refractivity contribution in [3.63, 3.8) is 0 Å². The summed E-state index contributed by atoms with van der Waals surface area (Å²) in [7, 11) is 0. The average Bonchev–Trinajstić information content (AvgIpc) is 3.54. The minimum Gasteiger partial charge on any atom is -0.463 e. The van der Waals surface area contributed by atoms with E-state index in [1.165, 1.54) is 0 Å². The van der Waals surface area contributed by atoms with Gasteiger partial charge in [-0.15, -0.1) is 0 Å². The number of nitrogens with zero attached hydrogens (tertiary/aromatic N) is 4. The standard InChI is InChI=1S/C20H19N5O3S/c26-20(16-10-15(22-23-16)17-4-2-7-27-17)25-6-1-3-13(11-25)9-18-21-19(24-28-18)14-5-8-29-12-14/h2,4-5,7-8,10,12-13H,1,3,6,9,11H2,(H,22,23). The molecule has 9 heteroatoms. The first-order valence-corrected chi connectivity index (χ1v) is 10.4. The Hall–Kier alpha value is -3.20. The van der Waals surface area contributed by atoms with Gasteiger partial charge < -0.3 is 13.8 Å². The number of amides is 1. The van der Waals surface area contributed by atoms with Gasteiger partial charge in [0.25, 0.3) is 5.91 Å². The number of nitrogens with one attached hydrogen (secondary N) is 1. The number of likely N-dealkylation sites (tertiary alicyclic amines) is 1. The third-order valence-corrected chi connectivity index (χ3v) is 5.78. The topological polar surface area (TPSA) is 101 Å². The zero-order valence-electron chi connectivity index (χ0n) is 15.6. The van der Waals surface area contributed by atoms with Crippen molar-refractivity contribution in [2.24, 2.45) is 5.92 Å². The molecule has 0 radical (unpaired) electrons. The number of hydrogen-bond acceptors (Lipinski definition) is 7. The van der Waals surface area contributed by atoms with Crippen molar-refractivity contribution in [3.05, 3.63) is 52.9 Å². The van der Waals surface area contributed by atoms with Gasteiger partial charge in [-0.2, -0.15) is 21.4 Å². The van der Waals surface area contributed by atoms with E-state index >= 15 is 0 Å². The number of rotatable bonds is 5. The maximum atomic E-state index is 12.9. The molecule has 1 aliphatic rings. The van der Waals surface area contributed by atoms with Gasteiger partial charge in [0.2, 0.25) is 11.7 Å². The van der Waals surface area contributed by atoms with Crippen LogP contribution in [0.25, 0.3) is 22.8 Å². The van der Waals surface area contributed by atoms with Gasteiger partial charge in [0, 0.05) is 36.5 Å². The highest BCUT2D eigenvalue weighted by molar-refractivity contribution is 7.08. The summed E-state index contributed by atoms with van der Waals surface area (Å²) in [5, 5.41) is 15.1. The second-order valence-corrected chi connectivity index (χ2v) is 7.91. The quantitative estimate of drug-likeness (QED) is 0.537. The number of H-pyrrole nitrogens is 1. The van der Waals surface area contributed by atoms with Crippen LogP contribution in [0.5, 0.6) is 0 Å². The molecular formula is C20H19N5O3S. The van der Waals surface area contributed by atoms with E-state index in [-0.39, 0.29) is 11.8 Å². The predicted octanol–water partition coefficient (Wildman–Crippen LogP) is 3.88. The Morgan fingerprint density at radius 2 is 2.34 bits per heavy atom. The molecule has 1 fully saturated rings. The fourth-order valence-electron chi connectivity index (χ4n) is 3.66. The maximum Gasteiger partial charge on any atom is 0.274 e. The molecule has 4 aromatic rings. The molecule has 0 saturated carbocycles. The minimum absolute atomic E-state index is 0.0757. The third-order valence-electron chi connectivity index (χ3n) is 5.10. The van der Waals surface area contributed by atoms with Crippen LogP contribution in [0.2, 0.25) is 0 Å². The Morgan fingerprint density at radius 3 is 3.17 bits per heavy atom. The Kier molecular flexibility index (Phi) is 4.73. The summed E-state index contributed by atoms with van der Waals surface area (Å²) in [6, 6.07) is 7.33. The summed E-state index contributed by atoms with van der Waals surface area (Å²) in [5.74, 6) is 2.10. The summed E-state index contributed by atoms with van der Waals surface area (Å²) >= 11 is 1.60. The molecule has 8 nitrogen and oxygen atoms in total. The van der Waals surface area contributed by atoms with Gasteiger partial charge in [-0.25, -0.2) is 0 Å². The van der Waals surface area contributed by atoms with Crippen LogP contribution in [0.4, 0.5) is 0 Å². The highest BCUT2D eigenvalue weighted by Gasteiger charge is 2.27. The highest BCUT2D eigenvalue weighted by atomic mass is 32.1. The van der Waals surface area contributed by atoms with E-state index in [0.29, 0.717) is 41.8 Å². The van der Waals surface area contributed by atoms with Crippen molar-refractivity contribution in [1.82, 2.24) is 25.2 Å². The van der Waals surface area contributed by atoms with Gasteiger partial charge in [0.15, 0.2) is 11.5 Å². The van der Waals surface area contributed by atoms with Gasteiger partial charge in [-0.3, -0.25) is 9.89 Å². The van der Waals surface area contributed by atoms with Crippen LogP contribution in [0.15, 0.2) is 50.2 Å². The smallest absolute Gasteiger partial charge is 0.274 e. The summed E-state index contributed by atoms with van der Waals surface area (Å²) in [5.41, 5.74) is 2.06. The van der Waals surface area contributed by atoms with Gasteiger partial charge in [-0.1, -0.05) is 5.16 Å². The number of carbonyl (C=O) groups is 1. The van der Waals surface area contributed by atoms with E-state index in [0.717, 1.165) is 24.9 Å². The number of thiophene rings is 1. The molecule has 29 heavy (non-hydrogen) atoms. The van der Waals surface area contributed by atoms with Gasteiger partial charge >= 0.3 is 0 Å². The average molecular weight is 409 g/mol. The fraction of sp³-hybridized carbons (Fsp3) is 0.300. The number of carbonyl (C=O) groups excluding carboxylic acids is 1. The fourth-order valence-corrected chi connectivity index (χ4v) is 4.30. The first-order valence-electron chi connectivity index (χ1n) is 9.50. The molecule has 148 valence electrons. The van der Waals surface area contributed by atoms with Crippen LogP contribution < -0.4 is 0 Å². The van der Waals surface area contributed by atoms with E-state index < -0.39 is 0 Å². The molecule has 1 amide bonds. The van der Waals surface area contributed by atoms with Crippen molar-refractivity contribution < 1.29 is 13.7 Å². The SMILES string of the molecule is O=C(c1cc(-c2ccco2)[nH]n1)N1CCCC(Cc2nc(-c3ccsc3)no2)C1. The van der Waals surface area contributed by atoms with Crippen LogP contribution in [0.1, 0.15) is 29.2 Å². The molecule has 1 atom stereocenters. The number of furan rings is 1. The molecule has 4 aromatic heterocycles. The zero-order valence-corrected chi connectivity index (χ0v) is 16.4. The van der Waals surface area contributed by atoms with Crippen molar-refractivity contribution >= 4 is 17.2 Å². The molecule has 0 aromatic carbocycles. The van der Waals surface area contributed by atoms with E-state index in [1.807, 2.05) is 27.8 Å². The minimum atomic E-state index is -0.0757. The van der Waals surface area contributed by atoms with E-state index in [4.69, 9.17) is 8.94 Å². The van der Waals surface area contributed by atoms with Crippen LogP contribution >= 0.6 is 11.3 Å². The molecule has 1 N–H and O–H groups in total. The van der Waals surface area contributed by atoms with Gasteiger partial charge in [0.05, 0.1) is 6.26 Å². The summed E-state index contributed by atoms with van der Waals surface area (Å²) in [6.07, 6.45) is 4.23. The predicted molar refractivity (Wildman–Crippen MR) is 106 cm³/mol. The molecule has 1 aliphatic heterocycles. The van der Waals surface area contributed by atoms with E-state index in [9.17, 15) is 4.79 Å². The Bertz CT molecular complexity index is 1080. The summed E-state index contributed by atoms with van der Waals surface area (Å²) < 4.78 is 10.8. The largest absolute Gasteiger partial charge is 0.463 e. The van der Waals surface area contributed by atoms with Crippen molar-refractivity contribution in [3.8, 4) is 22.8 Å². The molecule has 1 unspecified atom stereocenters. The highest BCUT2D eigenvalue weighted by Crippen LogP contribution is 2.25. The van der Waals surface area contributed by atoms with Crippen LogP contribution in [0.3, 0.4) is 0 Å². The molecule has 5 heterocycles. The molecule has 0 aliphatic carbocycles. The van der Waals surface area contributed by atoms with Crippen LogP contribution in [-0.2, 0) is 6.42 Å². The number of piperidine rings is 1. The maximum absolute atomic E-state index is 12.9. The van der Waals surface area contributed by atoms with E-state index in [1.54, 1.807) is 29.7 Å². The zero-order chi connectivity index (χ0) is 19.6. The van der Waals surface area contributed by atoms with Gasteiger partial charge in [0.1, 0.15) is 5.69 Å². The summed E-state index contributed by atoms with van der Waals surface area (Å²) in [6.45, 7) is 1.38. The lowest BCUT2D eigenvalue weighted by atomic mass is 9.94. The second kappa shape index (κ2) is 7.67. The summed E-state index contributed by atoms with van der Waals surface area (Å²) in [4.78, 5) is 19.3. The third kappa shape index (κ3) is 3.73. The lowest BCUT2D eigenvalue weighted by molar-refractivity contribution is 0.0662. The lowest BCUT2D eigenvalue weighted by Gasteiger charge is -2.31. The van der Waals surface area contributed by atoms with Crippen molar-refractivity contribution in [2.75, 3.05) is 13.1 Å². The van der Waals surface area contributed by atoms with Crippen LogP contribution in [0, 0.1) is 5.92 Å². The Labute approximate surface area is 170 Å². The molecule has 5 rings (SSSR count).